The Morgan fingerprint density at radius 2 is 2.06 bits per heavy atom. The number of hydrogen-bond acceptors (Lipinski definition) is 7. The largest absolute Gasteiger partial charge is 0.368 e. The summed E-state index contributed by atoms with van der Waals surface area (Å²) in [5, 5.41) is 7.12. The molecule has 90 valence electrons. The summed E-state index contributed by atoms with van der Waals surface area (Å²) in [5.74, 6) is 1.70. The molecule has 0 aliphatic carbocycles. The summed E-state index contributed by atoms with van der Waals surface area (Å²) in [6.45, 7) is 0. The molecule has 0 radical (unpaired) electrons. The molecule has 0 fully saturated rings. The van der Waals surface area contributed by atoms with Gasteiger partial charge in [-0.05, 0) is 0 Å². The van der Waals surface area contributed by atoms with Crippen LogP contribution in [0, 0.1) is 0 Å². The third kappa shape index (κ3) is 2.60. The fraction of sp³-hybridized carbons (Fsp3) is 0.333. The normalized spacial score (nSPS) is 10.3. The Kier molecular flexibility index (Phi) is 2.77. The number of anilines is 4. The summed E-state index contributed by atoms with van der Waals surface area (Å²) in [4.78, 5) is 13.9. The van der Waals surface area contributed by atoms with Crippen LogP contribution in [0.5, 0.6) is 0 Å². The molecular formula is C9H14N8. The Morgan fingerprint density at radius 3 is 2.65 bits per heavy atom. The van der Waals surface area contributed by atoms with Crippen molar-refractivity contribution in [2.24, 2.45) is 7.05 Å². The van der Waals surface area contributed by atoms with Crippen molar-refractivity contribution in [1.29, 1.82) is 0 Å². The monoisotopic (exact) mass is 234 g/mol. The highest BCUT2D eigenvalue weighted by Gasteiger charge is 2.07. The van der Waals surface area contributed by atoms with E-state index in [-0.39, 0.29) is 5.95 Å². The summed E-state index contributed by atoms with van der Waals surface area (Å²) >= 11 is 0. The van der Waals surface area contributed by atoms with Crippen LogP contribution in [0.1, 0.15) is 0 Å². The van der Waals surface area contributed by atoms with Gasteiger partial charge in [0.2, 0.25) is 17.8 Å². The summed E-state index contributed by atoms with van der Waals surface area (Å²) in [5.41, 5.74) is 5.60. The van der Waals surface area contributed by atoms with Gasteiger partial charge >= 0.3 is 0 Å². The fourth-order valence-corrected chi connectivity index (χ4v) is 1.23. The number of nitrogen functional groups attached to an aromatic ring is 1. The SMILES string of the molecule is CN(C)c1nc(N)nc(Nc2ccn(C)n2)n1. The zero-order chi connectivity index (χ0) is 12.4. The molecule has 0 bridgehead atoms. The van der Waals surface area contributed by atoms with Crippen LogP contribution < -0.4 is 16.0 Å². The van der Waals surface area contributed by atoms with Gasteiger partial charge in [0.15, 0.2) is 5.82 Å². The van der Waals surface area contributed by atoms with Crippen molar-refractivity contribution in [3.05, 3.63) is 12.3 Å². The third-order valence-electron chi connectivity index (χ3n) is 1.99. The van der Waals surface area contributed by atoms with Gasteiger partial charge in [-0.2, -0.15) is 20.1 Å². The predicted molar refractivity (Wildman–Crippen MR) is 65.1 cm³/mol. The molecule has 0 aliphatic rings. The standard InChI is InChI=1S/C9H14N8/c1-16(2)9-13-7(10)12-8(14-9)11-6-4-5-17(3)15-6/h4-5H,1-3H3,(H3,10,11,12,13,14,15). The zero-order valence-electron chi connectivity index (χ0n) is 9.92. The molecule has 2 heterocycles. The smallest absolute Gasteiger partial charge is 0.235 e. The predicted octanol–water partition coefficient (Wildman–Crippen LogP) is -0.00310. The number of hydrogen-bond donors (Lipinski definition) is 2. The molecular weight excluding hydrogens is 220 g/mol. The van der Waals surface area contributed by atoms with Gasteiger partial charge in [-0.25, -0.2) is 0 Å². The van der Waals surface area contributed by atoms with E-state index < -0.39 is 0 Å². The van der Waals surface area contributed by atoms with Gasteiger partial charge in [0, 0.05) is 33.4 Å². The highest BCUT2D eigenvalue weighted by Crippen LogP contribution is 2.13. The molecule has 0 amide bonds. The van der Waals surface area contributed by atoms with Crippen LogP contribution in [0.15, 0.2) is 12.3 Å². The number of nitrogens with two attached hydrogens (primary N) is 1. The van der Waals surface area contributed by atoms with Crippen LogP contribution in [0.25, 0.3) is 0 Å². The molecule has 0 atom stereocenters. The van der Waals surface area contributed by atoms with Crippen LogP contribution in [-0.4, -0.2) is 38.8 Å². The van der Waals surface area contributed by atoms with E-state index in [1.165, 1.54) is 0 Å². The number of nitrogens with one attached hydrogen (secondary N) is 1. The van der Waals surface area contributed by atoms with Gasteiger partial charge in [-0.3, -0.25) is 4.68 Å². The van der Waals surface area contributed by atoms with Gasteiger partial charge < -0.3 is 16.0 Å². The lowest BCUT2D eigenvalue weighted by Gasteiger charge is -2.11. The Hall–Kier alpha value is -2.38. The second-order valence-corrected chi connectivity index (χ2v) is 3.71. The van der Waals surface area contributed by atoms with Crippen molar-refractivity contribution in [1.82, 2.24) is 24.7 Å². The highest BCUT2D eigenvalue weighted by atomic mass is 15.3. The maximum absolute atomic E-state index is 5.60. The van der Waals surface area contributed by atoms with Crippen LogP contribution in [0.4, 0.5) is 23.7 Å². The first-order valence-corrected chi connectivity index (χ1v) is 5.00. The molecule has 8 heteroatoms. The van der Waals surface area contributed by atoms with E-state index in [2.05, 4.69) is 25.4 Å². The van der Waals surface area contributed by atoms with Crippen molar-refractivity contribution in [2.45, 2.75) is 0 Å². The first kappa shape index (κ1) is 11.1. The Labute approximate surface area is 98.5 Å². The van der Waals surface area contributed by atoms with Crippen molar-refractivity contribution in [2.75, 3.05) is 30.0 Å². The molecule has 3 N–H and O–H groups in total. The number of rotatable bonds is 3. The fourth-order valence-electron chi connectivity index (χ4n) is 1.23. The minimum atomic E-state index is 0.169. The topological polar surface area (TPSA) is 97.8 Å². The van der Waals surface area contributed by atoms with E-state index in [1.807, 2.05) is 33.4 Å². The van der Waals surface area contributed by atoms with Gasteiger partial charge in [0.1, 0.15) is 0 Å². The Balaban J connectivity index is 2.26. The molecule has 2 rings (SSSR count). The van der Waals surface area contributed by atoms with Crippen LogP contribution in [0.2, 0.25) is 0 Å². The maximum atomic E-state index is 5.60. The summed E-state index contributed by atoms with van der Waals surface area (Å²) in [6, 6.07) is 1.81. The van der Waals surface area contributed by atoms with E-state index in [0.717, 1.165) is 0 Å². The Morgan fingerprint density at radius 1 is 1.29 bits per heavy atom. The van der Waals surface area contributed by atoms with Gasteiger partial charge in [-0.15, -0.1) is 0 Å². The summed E-state index contributed by atoms with van der Waals surface area (Å²) in [6.07, 6.45) is 1.82. The number of aryl methyl sites for hydroxylation is 1. The number of nitrogens with zero attached hydrogens (tertiary/aromatic N) is 6. The Bertz CT molecular complexity index is 517. The molecule has 0 saturated heterocycles. The van der Waals surface area contributed by atoms with Crippen LogP contribution >= 0.6 is 0 Å². The molecule has 17 heavy (non-hydrogen) atoms. The van der Waals surface area contributed by atoms with Crippen molar-refractivity contribution < 1.29 is 0 Å². The molecule has 0 spiro atoms. The van der Waals surface area contributed by atoms with Crippen LogP contribution in [0.3, 0.4) is 0 Å². The lowest BCUT2D eigenvalue weighted by Crippen LogP contribution is -2.15. The highest BCUT2D eigenvalue weighted by molar-refractivity contribution is 5.50. The van der Waals surface area contributed by atoms with E-state index >= 15 is 0 Å². The van der Waals surface area contributed by atoms with Gasteiger partial charge in [0.05, 0.1) is 0 Å². The molecule has 0 unspecified atom stereocenters. The molecule has 0 aromatic carbocycles. The quantitative estimate of drug-likeness (QED) is 0.771. The minimum absolute atomic E-state index is 0.169. The average molecular weight is 234 g/mol. The van der Waals surface area contributed by atoms with Gasteiger partial charge in [-0.1, -0.05) is 0 Å². The molecule has 2 aromatic heterocycles. The molecule has 0 saturated carbocycles. The zero-order valence-corrected chi connectivity index (χ0v) is 9.92. The van der Waals surface area contributed by atoms with Crippen molar-refractivity contribution in [3.8, 4) is 0 Å². The summed E-state index contributed by atoms with van der Waals surface area (Å²) < 4.78 is 1.68. The first-order chi connectivity index (χ1) is 8.04. The average Bonchev–Trinajstić information content (AvgIpc) is 2.63. The van der Waals surface area contributed by atoms with E-state index in [4.69, 9.17) is 5.73 Å². The summed E-state index contributed by atoms with van der Waals surface area (Å²) in [7, 11) is 5.50. The van der Waals surface area contributed by atoms with Crippen molar-refractivity contribution >= 4 is 23.7 Å². The second kappa shape index (κ2) is 4.24. The molecule has 2 aromatic rings. The number of aromatic nitrogens is 5. The minimum Gasteiger partial charge on any atom is -0.368 e. The molecule has 8 nitrogen and oxygen atoms in total. The lowest BCUT2D eigenvalue weighted by molar-refractivity contribution is 0.770. The van der Waals surface area contributed by atoms with E-state index in [9.17, 15) is 0 Å². The lowest BCUT2D eigenvalue weighted by atomic mass is 10.6. The van der Waals surface area contributed by atoms with E-state index in [0.29, 0.717) is 17.7 Å². The van der Waals surface area contributed by atoms with E-state index in [1.54, 1.807) is 9.58 Å². The first-order valence-electron chi connectivity index (χ1n) is 5.00. The van der Waals surface area contributed by atoms with Crippen LogP contribution in [-0.2, 0) is 7.05 Å². The second-order valence-electron chi connectivity index (χ2n) is 3.71. The third-order valence-corrected chi connectivity index (χ3v) is 1.99. The molecule has 0 aliphatic heterocycles. The maximum Gasteiger partial charge on any atom is 0.235 e. The van der Waals surface area contributed by atoms with Gasteiger partial charge in [0.25, 0.3) is 0 Å². The van der Waals surface area contributed by atoms with Crippen molar-refractivity contribution in [3.63, 3.8) is 0 Å².